The van der Waals surface area contributed by atoms with Crippen LogP contribution in [0.5, 0.6) is 0 Å². The van der Waals surface area contributed by atoms with Gasteiger partial charge in [-0.05, 0) is 24.5 Å². The first-order valence-corrected chi connectivity index (χ1v) is 5.98. The highest BCUT2D eigenvalue weighted by atomic mass is 15.0. The SMILES string of the molecule is Cn1ccnc1-c1cncc(CNC2CC2)c1. The van der Waals surface area contributed by atoms with Gasteiger partial charge in [-0.25, -0.2) is 4.98 Å². The molecule has 0 radical (unpaired) electrons. The minimum atomic E-state index is 0.729. The second-order valence-electron chi connectivity index (χ2n) is 4.60. The molecule has 4 nitrogen and oxygen atoms in total. The van der Waals surface area contributed by atoms with Crippen LogP contribution in [0.1, 0.15) is 18.4 Å². The second-order valence-corrected chi connectivity index (χ2v) is 4.60. The highest BCUT2D eigenvalue weighted by molar-refractivity contribution is 5.54. The van der Waals surface area contributed by atoms with Gasteiger partial charge < -0.3 is 9.88 Å². The van der Waals surface area contributed by atoms with Crippen molar-refractivity contribution < 1.29 is 0 Å². The zero-order chi connectivity index (χ0) is 11.7. The molecule has 1 aliphatic rings. The van der Waals surface area contributed by atoms with Gasteiger partial charge in [-0.15, -0.1) is 0 Å². The van der Waals surface area contributed by atoms with Crippen LogP contribution in [-0.4, -0.2) is 20.6 Å². The van der Waals surface area contributed by atoms with Crippen molar-refractivity contribution in [1.82, 2.24) is 19.9 Å². The van der Waals surface area contributed by atoms with Gasteiger partial charge in [-0.1, -0.05) is 0 Å². The standard InChI is InChI=1S/C13H16N4/c1-17-5-4-15-13(17)11-6-10(7-14-9-11)8-16-12-2-3-12/h4-7,9,12,16H,2-3,8H2,1H3. The van der Waals surface area contributed by atoms with Crippen LogP contribution in [0.3, 0.4) is 0 Å². The highest BCUT2D eigenvalue weighted by Gasteiger charge is 2.20. The van der Waals surface area contributed by atoms with E-state index < -0.39 is 0 Å². The lowest BCUT2D eigenvalue weighted by Gasteiger charge is -2.05. The molecule has 2 heterocycles. The van der Waals surface area contributed by atoms with Crippen molar-refractivity contribution in [2.24, 2.45) is 7.05 Å². The Bertz CT molecular complexity index is 514. The molecule has 0 aromatic carbocycles. The molecule has 0 bridgehead atoms. The van der Waals surface area contributed by atoms with Crippen molar-refractivity contribution in [3.63, 3.8) is 0 Å². The molecule has 1 fully saturated rings. The third-order valence-electron chi connectivity index (χ3n) is 3.05. The molecule has 2 aromatic heterocycles. The van der Waals surface area contributed by atoms with E-state index in [2.05, 4.69) is 21.4 Å². The van der Waals surface area contributed by atoms with Gasteiger partial charge in [0.2, 0.25) is 0 Å². The summed E-state index contributed by atoms with van der Waals surface area (Å²) in [6, 6.07) is 2.89. The van der Waals surface area contributed by atoms with E-state index in [-0.39, 0.29) is 0 Å². The van der Waals surface area contributed by atoms with Crippen LogP contribution in [-0.2, 0) is 13.6 Å². The van der Waals surface area contributed by atoms with Crippen molar-refractivity contribution in [2.75, 3.05) is 0 Å². The Kier molecular flexibility index (Phi) is 2.65. The number of nitrogens with zero attached hydrogens (tertiary/aromatic N) is 3. The zero-order valence-corrected chi connectivity index (χ0v) is 9.93. The fraction of sp³-hybridized carbons (Fsp3) is 0.385. The first-order valence-electron chi connectivity index (χ1n) is 5.98. The van der Waals surface area contributed by atoms with Crippen LogP contribution in [0.25, 0.3) is 11.4 Å². The fourth-order valence-electron chi connectivity index (χ4n) is 1.90. The number of hydrogen-bond donors (Lipinski definition) is 1. The fourth-order valence-corrected chi connectivity index (χ4v) is 1.90. The molecule has 0 saturated heterocycles. The van der Waals surface area contributed by atoms with Crippen molar-refractivity contribution in [2.45, 2.75) is 25.4 Å². The first kappa shape index (κ1) is 10.5. The molecule has 17 heavy (non-hydrogen) atoms. The van der Waals surface area contributed by atoms with E-state index in [1.807, 2.05) is 36.4 Å². The van der Waals surface area contributed by atoms with Gasteiger partial charge in [0.1, 0.15) is 5.82 Å². The molecule has 1 N–H and O–H groups in total. The van der Waals surface area contributed by atoms with Gasteiger partial charge in [-0.2, -0.15) is 0 Å². The van der Waals surface area contributed by atoms with Gasteiger partial charge in [-0.3, -0.25) is 4.98 Å². The van der Waals surface area contributed by atoms with Crippen LogP contribution >= 0.6 is 0 Å². The monoisotopic (exact) mass is 228 g/mol. The van der Waals surface area contributed by atoms with Gasteiger partial charge in [0, 0.05) is 50.0 Å². The molecule has 2 aromatic rings. The molecule has 4 heteroatoms. The van der Waals surface area contributed by atoms with E-state index in [9.17, 15) is 0 Å². The number of aromatic nitrogens is 3. The molecular formula is C13H16N4. The van der Waals surface area contributed by atoms with Crippen molar-refractivity contribution in [3.8, 4) is 11.4 Å². The maximum Gasteiger partial charge on any atom is 0.141 e. The lowest BCUT2D eigenvalue weighted by Crippen LogP contribution is -2.15. The lowest BCUT2D eigenvalue weighted by atomic mass is 10.2. The van der Waals surface area contributed by atoms with Crippen LogP contribution in [0.4, 0.5) is 0 Å². The molecule has 0 amide bonds. The molecule has 88 valence electrons. The summed E-state index contributed by atoms with van der Waals surface area (Å²) in [6.45, 7) is 0.899. The van der Waals surface area contributed by atoms with E-state index in [0.29, 0.717) is 0 Å². The third-order valence-corrected chi connectivity index (χ3v) is 3.05. The predicted octanol–water partition coefficient (Wildman–Crippen LogP) is 1.73. The normalized spacial score (nSPS) is 15.1. The lowest BCUT2D eigenvalue weighted by molar-refractivity contribution is 0.686. The number of pyridine rings is 1. The van der Waals surface area contributed by atoms with E-state index in [4.69, 9.17) is 0 Å². The zero-order valence-electron chi connectivity index (χ0n) is 9.93. The Balaban J connectivity index is 1.80. The van der Waals surface area contributed by atoms with Gasteiger partial charge in [0.05, 0.1) is 0 Å². The first-order chi connectivity index (χ1) is 8.33. The molecule has 1 aliphatic carbocycles. The summed E-state index contributed by atoms with van der Waals surface area (Å²) in [4.78, 5) is 8.62. The average molecular weight is 228 g/mol. The Hall–Kier alpha value is -1.68. The summed E-state index contributed by atoms with van der Waals surface area (Å²) in [5.74, 6) is 0.964. The second kappa shape index (κ2) is 4.30. The van der Waals surface area contributed by atoms with E-state index in [1.165, 1.54) is 18.4 Å². The molecule has 0 atom stereocenters. The van der Waals surface area contributed by atoms with Crippen LogP contribution in [0, 0.1) is 0 Å². The Labute approximate surface area is 101 Å². The molecule has 1 saturated carbocycles. The predicted molar refractivity (Wildman–Crippen MR) is 66.3 cm³/mol. The summed E-state index contributed by atoms with van der Waals surface area (Å²) in [7, 11) is 2.00. The average Bonchev–Trinajstić information content (AvgIpc) is 3.08. The summed E-state index contributed by atoms with van der Waals surface area (Å²) >= 11 is 0. The van der Waals surface area contributed by atoms with Gasteiger partial charge in [0.25, 0.3) is 0 Å². The van der Waals surface area contributed by atoms with E-state index in [0.717, 1.165) is 24.0 Å². The van der Waals surface area contributed by atoms with Gasteiger partial charge >= 0.3 is 0 Å². The van der Waals surface area contributed by atoms with Crippen molar-refractivity contribution >= 4 is 0 Å². The number of nitrogens with one attached hydrogen (secondary N) is 1. The smallest absolute Gasteiger partial charge is 0.141 e. The van der Waals surface area contributed by atoms with Crippen LogP contribution in [0.2, 0.25) is 0 Å². The quantitative estimate of drug-likeness (QED) is 0.866. The summed E-state index contributed by atoms with van der Waals surface area (Å²) < 4.78 is 2.01. The number of aryl methyl sites for hydroxylation is 1. The maximum absolute atomic E-state index is 4.34. The largest absolute Gasteiger partial charge is 0.334 e. The van der Waals surface area contributed by atoms with Gasteiger partial charge in [0.15, 0.2) is 0 Å². The van der Waals surface area contributed by atoms with Crippen LogP contribution in [0.15, 0.2) is 30.9 Å². The molecular weight excluding hydrogens is 212 g/mol. The topological polar surface area (TPSA) is 42.7 Å². The highest BCUT2D eigenvalue weighted by Crippen LogP contribution is 2.20. The van der Waals surface area contributed by atoms with Crippen molar-refractivity contribution in [1.29, 1.82) is 0 Å². The molecule has 3 rings (SSSR count). The maximum atomic E-state index is 4.34. The number of rotatable bonds is 4. The Morgan fingerprint density at radius 3 is 3.00 bits per heavy atom. The molecule has 0 unspecified atom stereocenters. The van der Waals surface area contributed by atoms with E-state index in [1.54, 1.807) is 0 Å². The number of imidazole rings is 1. The number of hydrogen-bond acceptors (Lipinski definition) is 3. The van der Waals surface area contributed by atoms with Crippen molar-refractivity contribution in [3.05, 3.63) is 36.4 Å². The Morgan fingerprint density at radius 1 is 1.41 bits per heavy atom. The minimum Gasteiger partial charge on any atom is -0.334 e. The minimum absolute atomic E-state index is 0.729. The van der Waals surface area contributed by atoms with Crippen LogP contribution < -0.4 is 5.32 Å². The summed E-state index contributed by atoms with van der Waals surface area (Å²) in [6.07, 6.45) is 10.2. The third kappa shape index (κ3) is 2.36. The molecule has 0 aliphatic heterocycles. The Morgan fingerprint density at radius 2 is 2.29 bits per heavy atom. The van der Waals surface area contributed by atoms with E-state index >= 15 is 0 Å². The summed E-state index contributed by atoms with van der Waals surface area (Å²) in [5, 5.41) is 3.49. The summed E-state index contributed by atoms with van der Waals surface area (Å²) in [5.41, 5.74) is 2.30. The molecule has 0 spiro atoms.